The van der Waals surface area contributed by atoms with Gasteiger partial charge < -0.3 is 4.43 Å². The van der Waals surface area contributed by atoms with Gasteiger partial charge in [0.25, 0.3) is 0 Å². The Bertz CT molecular complexity index is 355. The van der Waals surface area contributed by atoms with E-state index in [4.69, 9.17) is 4.43 Å². The molecule has 2 heteroatoms. The van der Waals surface area contributed by atoms with E-state index in [1.54, 1.807) is 0 Å². The molecule has 0 atom stereocenters. The number of rotatable bonds is 4. The second kappa shape index (κ2) is 4.77. The van der Waals surface area contributed by atoms with Crippen LogP contribution in [0.1, 0.15) is 19.4 Å². The third-order valence-electron chi connectivity index (χ3n) is 2.54. The average molecular weight is 220 g/mol. The Balaban J connectivity index is 3.18. The van der Waals surface area contributed by atoms with Crippen molar-refractivity contribution in [3.8, 4) is 0 Å². The van der Waals surface area contributed by atoms with E-state index in [0.717, 1.165) is 12.2 Å². The van der Waals surface area contributed by atoms with Crippen LogP contribution in [0.4, 0.5) is 0 Å². The quantitative estimate of drug-likeness (QED) is 0.708. The van der Waals surface area contributed by atoms with E-state index in [0.29, 0.717) is 0 Å². The number of hydrogen-bond acceptors (Lipinski definition) is 1. The van der Waals surface area contributed by atoms with Gasteiger partial charge in [0.2, 0.25) is 8.32 Å². The smallest absolute Gasteiger partial charge is 0.218 e. The molecule has 0 N–H and O–H groups in total. The molecule has 0 aliphatic rings. The summed E-state index contributed by atoms with van der Waals surface area (Å²) in [5, 5.41) is 1.35. The lowest BCUT2D eigenvalue weighted by molar-refractivity contribution is 0.339. The van der Waals surface area contributed by atoms with Crippen molar-refractivity contribution in [1.82, 2.24) is 0 Å². The molecule has 0 spiro atoms. The van der Waals surface area contributed by atoms with Crippen LogP contribution in [0.3, 0.4) is 0 Å². The van der Waals surface area contributed by atoms with Gasteiger partial charge in [-0.1, -0.05) is 36.4 Å². The van der Waals surface area contributed by atoms with E-state index in [1.807, 2.05) is 0 Å². The van der Waals surface area contributed by atoms with E-state index >= 15 is 0 Å². The monoisotopic (exact) mass is 220 g/mol. The van der Waals surface area contributed by atoms with Crippen molar-refractivity contribution in [3.05, 3.63) is 36.4 Å². The van der Waals surface area contributed by atoms with Crippen LogP contribution in [-0.4, -0.2) is 14.9 Å². The minimum Gasteiger partial charge on any atom is -0.413 e. The molecule has 82 valence electrons. The lowest BCUT2D eigenvalue weighted by Gasteiger charge is -2.25. The Morgan fingerprint density at radius 3 is 2.47 bits per heavy atom. The van der Waals surface area contributed by atoms with Gasteiger partial charge in [0.15, 0.2) is 0 Å². The van der Waals surface area contributed by atoms with Gasteiger partial charge in [0, 0.05) is 6.61 Å². The van der Waals surface area contributed by atoms with E-state index in [-0.39, 0.29) is 0 Å². The topological polar surface area (TPSA) is 9.23 Å². The second-order valence-electron chi connectivity index (χ2n) is 4.27. The van der Waals surface area contributed by atoms with Crippen LogP contribution < -0.4 is 5.19 Å². The fraction of sp³-hybridized carbons (Fsp3) is 0.385. The predicted octanol–water partition coefficient (Wildman–Crippen LogP) is 3.17. The summed E-state index contributed by atoms with van der Waals surface area (Å²) in [5.41, 5.74) is 2.37. The molecule has 1 aromatic rings. The summed E-state index contributed by atoms with van der Waals surface area (Å²) < 4.78 is 5.90. The molecule has 0 unspecified atom stereocenters. The summed E-state index contributed by atoms with van der Waals surface area (Å²) in [6, 6.07) is 8.44. The molecule has 0 heterocycles. The van der Waals surface area contributed by atoms with Gasteiger partial charge in [-0.05, 0) is 37.7 Å². The van der Waals surface area contributed by atoms with Gasteiger partial charge in [-0.25, -0.2) is 0 Å². The summed E-state index contributed by atoms with van der Waals surface area (Å²) >= 11 is 0. The first-order valence-electron chi connectivity index (χ1n) is 5.38. The summed E-state index contributed by atoms with van der Waals surface area (Å²) in [6.07, 6.45) is 0. The summed E-state index contributed by atoms with van der Waals surface area (Å²) in [6.45, 7) is 13.4. The molecule has 0 radical (unpaired) electrons. The van der Waals surface area contributed by atoms with Crippen molar-refractivity contribution < 1.29 is 4.43 Å². The van der Waals surface area contributed by atoms with Crippen molar-refractivity contribution in [2.75, 3.05) is 6.61 Å². The van der Waals surface area contributed by atoms with Crippen molar-refractivity contribution in [1.29, 1.82) is 0 Å². The van der Waals surface area contributed by atoms with Crippen LogP contribution in [0.2, 0.25) is 13.1 Å². The molecule has 0 fully saturated rings. The average Bonchev–Trinajstić information content (AvgIpc) is 2.17. The maximum Gasteiger partial charge on any atom is 0.218 e. The number of allylic oxidation sites excluding steroid dienone is 1. The minimum atomic E-state index is -1.75. The normalized spacial score (nSPS) is 11.5. The molecule has 0 aliphatic heterocycles. The Morgan fingerprint density at radius 2 is 1.93 bits per heavy atom. The standard InChI is InChI=1S/C13H20OSi/c1-6-14-15(4,5)13-10-8-7-9-12(13)11(2)3/h7-10H,2,6H2,1,3-5H3. The first kappa shape index (κ1) is 12.2. The van der Waals surface area contributed by atoms with Gasteiger partial charge in [0.1, 0.15) is 0 Å². The van der Waals surface area contributed by atoms with Crippen LogP contribution in [0.5, 0.6) is 0 Å². The molecule has 1 nitrogen and oxygen atoms in total. The Hall–Kier alpha value is -0.863. The van der Waals surface area contributed by atoms with Crippen molar-refractivity contribution in [3.63, 3.8) is 0 Å². The van der Waals surface area contributed by atoms with Gasteiger partial charge >= 0.3 is 0 Å². The first-order valence-corrected chi connectivity index (χ1v) is 8.29. The van der Waals surface area contributed by atoms with Gasteiger partial charge in [-0.3, -0.25) is 0 Å². The third kappa shape index (κ3) is 2.80. The largest absolute Gasteiger partial charge is 0.413 e. The Kier molecular flexibility index (Phi) is 3.88. The Morgan fingerprint density at radius 1 is 1.33 bits per heavy atom. The molecule has 0 saturated heterocycles. The highest BCUT2D eigenvalue weighted by Gasteiger charge is 2.27. The zero-order chi connectivity index (χ0) is 11.5. The summed E-state index contributed by atoms with van der Waals surface area (Å²) in [5.74, 6) is 0. The van der Waals surface area contributed by atoms with Crippen molar-refractivity contribution >= 4 is 19.1 Å². The van der Waals surface area contributed by atoms with E-state index in [9.17, 15) is 0 Å². The molecule has 0 amide bonds. The van der Waals surface area contributed by atoms with Gasteiger partial charge in [-0.15, -0.1) is 0 Å². The van der Waals surface area contributed by atoms with E-state index in [1.165, 1.54) is 10.8 Å². The van der Waals surface area contributed by atoms with Crippen LogP contribution >= 0.6 is 0 Å². The van der Waals surface area contributed by atoms with Crippen LogP contribution in [0.15, 0.2) is 30.8 Å². The van der Waals surface area contributed by atoms with E-state index in [2.05, 4.69) is 57.8 Å². The maximum atomic E-state index is 5.90. The zero-order valence-electron chi connectivity index (χ0n) is 10.1. The minimum absolute atomic E-state index is 0.781. The van der Waals surface area contributed by atoms with Crippen LogP contribution in [0, 0.1) is 0 Å². The molecule has 0 bridgehead atoms. The molecule has 0 saturated carbocycles. The highest BCUT2D eigenvalue weighted by Crippen LogP contribution is 2.14. The molecule has 15 heavy (non-hydrogen) atoms. The van der Waals surface area contributed by atoms with Crippen LogP contribution in [0.25, 0.3) is 5.57 Å². The lowest BCUT2D eigenvalue weighted by atomic mass is 10.1. The highest BCUT2D eigenvalue weighted by molar-refractivity contribution is 6.85. The van der Waals surface area contributed by atoms with Crippen LogP contribution in [-0.2, 0) is 4.43 Å². The second-order valence-corrected chi connectivity index (χ2v) is 8.12. The van der Waals surface area contributed by atoms with Gasteiger partial charge in [-0.2, -0.15) is 0 Å². The van der Waals surface area contributed by atoms with E-state index < -0.39 is 8.32 Å². The SMILES string of the molecule is C=C(C)c1ccccc1[Si](C)(C)OCC. The summed E-state index contributed by atoms with van der Waals surface area (Å²) in [7, 11) is -1.75. The van der Waals surface area contributed by atoms with Crippen molar-refractivity contribution in [2.24, 2.45) is 0 Å². The fourth-order valence-electron chi connectivity index (χ4n) is 1.82. The number of benzene rings is 1. The predicted molar refractivity (Wildman–Crippen MR) is 69.9 cm³/mol. The fourth-order valence-corrected chi connectivity index (χ4v) is 4.14. The third-order valence-corrected chi connectivity index (χ3v) is 5.28. The molecule has 1 aromatic carbocycles. The molecule has 0 aliphatic carbocycles. The molecule has 0 aromatic heterocycles. The summed E-state index contributed by atoms with van der Waals surface area (Å²) in [4.78, 5) is 0. The molecular weight excluding hydrogens is 200 g/mol. The molecule has 1 rings (SSSR count). The van der Waals surface area contributed by atoms with Crippen molar-refractivity contribution in [2.45, 2.75) is 26.9 Å². The lowest BCUT2D eigenvalue weighted by Crippen LogP contribution is -2.46. The zero-order valence-corrected chi connectivity index (χ0v) is 11.1. The first-order chi connectivity index (χ1) is 6.99. The Labute approximate surface area is 93.9 Å². The maximum absolute atomic E-state index is 5.90. The number of hydrogen-bond donors (Lipinski definition) is 0. The molecular formula is C13H20OSi. The van der Waals surface area contributed by atoms with Gasteiger partial charge in [0.05, 0.1) is 0 Å². The highest BCUT2D eigenvalue weighted by atomic mass is 28.4.